The number of aldehydes is 1. The van der Waals surface area contributed by atoms with E-state index in [2.05, 4.69) is 30.6 Å². The van der Waals surface area contributed by atoms with Crippen molar-refractivity contribution in [1.82, 2.24) is 4.90 Å². The lowest BCUT2D eigenvalue weighted by Gasteiger charge is -2.26. The Balaban J connectivity index is 2.44. The standard InChI is InChI=1S/C11H17NO/c1-10(2)12-8-5-7-11(12)6-3-4-9-13/h9-11H,5-8H2,1-2H3. The fourth-order valence-electron chi connectivity index (χ4n) is 1.98. The Hall–Kier alpha value is -0.810. The van der Waals surface area contributed by atoms with Gasteiger partial charge in [0.1, 0.15) is 0 Å². The molecule has 1 heterocycles. The van der Waals surface area contributed by atoms with Crippen molar-refractivity contribution in [1.29, 1.82) is 0 Å². The summed E-state index contributed by atoms with van der Waals surface area (Å²) in [6.07, 6.45) is 4.02. The maximum atomic E-state index is 10.0. The second-order valence-electron chi connectivity index (χ2n) is 3.77. The monoisotopic (exact) mass is 179 g/mol. The van der Waals surface area contributed by atoms with Crippen LogP contribution in [0.3, 0.4) is 0 Å². The van der Waals surface area contributed by atoms with Gasteiger partial charge in [0.2, 0.25) is 0 Å². The molecule has 1 aliphatic rings. The minimum Gasteiger partial charge on any atom is -0.297 e. The Kier molecular flexibility index (Phi) is 3.98. The summed E-state index contributed by atoms with van der Waals surface area (Å²) in [4.78, 5) is 12.5. The molecule has 0 spiro atoms. The Morgan fingerprint density at radius 2 is 2.38 bits per heavy atom. The first-order valence-corrected chi connectivity index (χ1v) is 4.93. The molecule has 0 saturated carbocycles. The van der Waals surface area contributed by atoms with Crippen molar-refractivity contribution in [3.63, 3.8) is 0 Å². The van der Waals surface area contributed by atoms with Crippen LogP contribution in [-0.4, -0.2) is 29.8 Å². The lowest BCUT2D eigenvalue weighted by Crippen LogP contribution is -2.35. The van der Waals surface area contributed by atoms with Gasteiger partial charge in [-0.2, -0.15) is 0 Å². The Bertz CT molecular complexity index is 224. The molecule has 0 aliphatic carbocycles. The molecule has 0 aromatic carbocycles. The normalized spacial score (nSPS) is 22.8. The summed E-state index contributed by atoms with van der Waals surface area (Å²) in [5, 5.41) is 0. The molecule has 0 N–H and O–H groups in total. The second kappa shape index (κ2) is 5.04. The van der Waals surface area contributed by atoms with Crippen LogP contribution in [0.25, 0.3) is 0 Å². The molecule has 0 radical (unpaired) electrons. The van der Waals surface area contributed by atoms with E-state index >= 15 is 0 Å². The predicted octanol–water partition coefficient (Wildman–Crippen LogP) is 1.45. The van der Waals surface area contributed by atoms with E-state index in [1.165, 1.54) is 19.4 Å². The van der Waals surface area contributed by atoms with E-state index < -0.39 is 0 Å². The van der Waals surface area contributed by atoms with Crippen LogP contribution in [0, 0.1) is 11.8 Å². The summed E-state index contributed by atoms with van der Waals surface area (Å²) in [5.74, 6) is 5.38. The van der Waals surface area contributed by atoms with Gasteiger partial charge in [0.05, 0.1) is 0 Å². The molecule has 13 heavy (non-hydrogen) atoms. The van der Waals surface area contributed by atoms with E-state index in [1.807, 2.05) is 0 Å². The van der Waals surface area contributed by atoms with E-state index in [1.54, 1.807) is 0 Å². The van der Waals surface area contributed by atoms with Gasteiger partial charge in [-0.3, -0.25) is 9.69 Å². The molecule has 0 aromatic rings. The van der Waals surface area contributed by atoms with E-state index in [0.717, 1.165) is 6.42 Å². The first-order chi connectivity index (χ1) is 6.25. The Labute approximate surface area is 80.3 Å². The van der Waals surface area contributed by atoms with Crippen LogP contribution in [0.15, 0.2) is 0 Å². The topological polar surface area (TPSA) is 20.3 Å². The van der Waals surface area contributed by atoms with Crippen molar-refractivity contribution in [3.05, 3.63) is 0 Å². The van der Waals surface area contributed by atoms with E-state index in [-0.39, 0.29) is 0 Å². The van der Waals surface area contributed by atoms with E-state index in [4.69, 9.17) is 0 Å². The maximum Gasteiger partial charge on any atom is 0.192 e. The van der Waals surface area contributed by atoms with Crippen LogP contribution >= 0.6 is 0 Å². The van der Waals surface area contributed by atoms with Gasteiger partial charge in [-0.05, 0) is 39.2 Å². The molecule has 0 aromatic heterocycles. The summed E-state index contributed by atoms with van der Waals surface area (Å²) in [6, 6.07) is 1.18. The molecule has 2 heteroatoms. The fourth-order valence-corrected chi connectivity index (χ4v) is 1.98. The number of hydrogen-bond acceptors (Lipinski definition) is 2. The highest BCUT2D eigenvalue weighted by Gasteiger charge is 2.25. The van der Waals surface area contributed by atoms with Crippen LogP contribution in [0.1, 0.15) is 33.1 Å². The number of likely N-dealkylation sites (tertiary alicyclic amines) is 1. The highest BCUT2D eigenvalue weighted by molar-refractivity contribution is 5.72. The fraction of sp³-hybridized carbons (Fsp3) is 0.727. The highest BCUT2D eigenvalue weighted by atomic mass is 16.1. The molecule has 2 nitrogen and oxygen atoms in total. The Morgan fingerprint density at radius 3 is 3.00 bits per heavy atom. The lowest BCUT2D eigenvalue weighted by atomic mass is 10.1. The zero-order valence-corrected chi connectivity index (χ0v) is 8.42. The first-order valence-electron chi connectivity index (χ1n) is 4.93. The minimum absolute atomic E-state index is 0.576. The molecule has 1 saturated heterocycles. The zero-order chi connectivity index (χ0) is 9.68. The number of carbonyl (C=O) groups is 1. The lowest BCUT2D eigenvalue weighted by molar-refractivity contribution is -0.103. The predicted molar refractivity (Wildman–Crippen MR) is 53.3 cm³/mol. The molecular formula is C11H17NO. The summed E-state index contributed by atoms with van der Waals surface area (Å²) < 4.78 is 0. The SMILES string of the molecule is CC(C)N1CCCC1CC#CC=O. The van der Waals surface area contributed by atoms with Crippen LogP contribution in [0.2, 0.25) is 0 Å². The maximum absolute atomic E-state index is 10.0. The summed E-state index contributed by atoms with van der Waals surface area (Å²) >= 11 is 0. The molecule has 1 atom stereocenters. The molecule has 0 amide bonds. The molecule has 1 aliphatic heterocycles. The molecule has 1 unspecified atom stereocenters. The number of carbonyl (C=O) groups excluding carboxylic acids is 1. The van der Waals surface area contributed by atoms with Crippen LogP contribution < -0.4 is 0 Å². The van der Waals surface area contributed by atoms with Gasteiger partial charge in [0, 0.05) is 18.5 Å². The highest BCUT2D eigenvalue weighted by Crippen LogP contribution is 2.21. The van der Waals surface area contributed by atoms with Gasteiger partial charge < -0.3 is 0 Å². The summed E-state index contributed by atoms with van der Waals surface area (Å²) in [7, 11) is 0. The third kappa shape index (κ3) is 2.86. The molecule has 0 bridgehead atoms. The second-order valence-corrected chi connectivity index (χ2v) is 3.77. The average molecular weight is 179 g/mol. The molecule has 1 rings (SSSR count). The first kappa shape index (κ1) is 10.3. The quantitative estimate of drug-likeness (QED) is 0.472. The molecule has 1 fully saturated rings. The third-order valence-electron chi connectivity index (χ3n) is 2.58. The van der Waals surface area contributed by atoms with Gasteiger partial charge in [0.25, 0.3) is 0 Å². The number of nitrogens with zero attached hydrogens (tertiary/aromatic N) is 1. The van der Waals surface area contributed by atoms with Gasteiger partial charge in [0.15, 0.2) is 6.29 Å². The van der Waals surface area contributed by atoms with Gasteiger partial charge in [-0.15, -0.1) is 0 Å². The zero-order valence-electron chi connectivity index (χ0n) is 8.42. The summed E-state index contributed by atoms with van der Waals surface area (Å²) in [5.41, 5.74) is 0. The largest absolute Gasteiger partial charge is 0.297 e. The number of hydrogen-bond donors (Lipinski definition) is 0. The van der Waals surface area contributed by atoms with Crippen molar-refractivity contribution in [2.45, 2.75) is 45.2 Å². The average Bonchev–Trinajstić information content (AvgIpc) is 2.53. The van der Waals surface area contributed by atoms with Crippen molar-refractivity contribution >= 4 is 6.29 Å². The van der Waals surface area contributed by atoms with Crippen molar-refractivity contribution in [2.24, 2.45) is 0 Å². The smallest absolute Gasteiger partial charge is 0.192 e. The van der Waals surface area contributed by atoms with E-state index in [0.29, 0.717) is 18.4 Å². The van der Waals surface area contributed by atoms with Crippen molar-refractivity contribution in [2.75, 3.05) is 6.54 Å². The van der Waals surface area contributed by atoms with Crippen LogP contribution in [0.5, 0.6) is 0 Å². The van der Waals surface area contributed by atoms with E-state index in [9.17, 15) is 4.79 Å². The Morgan fingerprint density at radius 1 is 1.62 bits per heavy atom. The minimum atomic E-state index is 0.576. The summed E-state index contributed by atoms with van der Waals surface area (Å²) in [6.45, 7) is 5.61. The molecule has 72 valence electrons. The number of rotatable bonds is 2. The van der Waals surface area contributed by atoms with Gasteiger partial charge in [-0.1, -0.05) is 5.92 Å². The van der Waals surface area contributed by atoms with Crippen LogP contribution in [-0.2, 0) is 4.79 Å². The third-order valence-corrected chi connectivity index (χ3v) is 2.58. The van der Waals surface area contributed by atoms with Crippen LogP contribution in [0.4, 0.5) is 0 Å². The van der Waals surface area contributed by atoms with Gasteiger partial charge >= 0.3 is 0 Å². The van der Waals surface area contributed by atoms with Crippen molar-refractivity contribution < 1.29 is 4.79 Å². The van der Waals surface area contributed by atoms with Crippen molar-refractivity contribution in [3.8, 4) is 11.8 Å². The molecular weight excluding hydrogens is 162 g/mol. The van der Waals surface area contributed by atoms with Gasteiger partial charge in [-0.25, -0.2) is 0 Å².